The van der Waals surface area contributed by atoms with Crippen molar-refractivity contribution in [1.29, 1.82) is 0 Å². The second-order valence-corrected chi connectivity index (χ2v) is 4.66. The summed E-state index contributed by atoms with van der Waals surface area (Å²) in [5.41, 5.74) is 0.952. The van der Waals surface area contributed by atoms with Gasteiger partial charge < -0.3 is 9.42 Å². The first-order valence-electron chi connectivity index (χ1n) is 6.31. The predicted octanol–water partition coefficient (Wildman–Crippen LogP) is 3.22. The first-order chi connectivity index (χ1) is 8.70. The molecule has 1 atom stereocenters. The molecule has 0 aliphatic heterocycles. The van der Waals surface area contributed by atoms with E-state index in [1.807, 2.05) is 42.3 Å². The van der Waals surface area contributed by atoms with E-state index in [1.54, 1.807) is 0 Å². The van der Waals surface area contributed by atoms with E-state index in [2.05, 4.69) is 24.0 Å². The van der Waals surface area contributed by atoms with Crippen molar-refractivity contribution < 1.29 is 4.52 Å². The molecule has 1 unspecified atom stereocenters. The molecule has 0 radical (unpaired) electrons. The van der Waals surface area contributed by atoms with Crippen molar-refractivity contribution in [2.24, 2.45) is 5.92 Å². The molecule has 0 fully saturated rings. The molecule has 0 bridgehead atoms. The highest BCUT2D eigenvalue weighted by atomic mass is 16.5. The van der Waals surface area contributed by atoms with Crippen LogP contribution in [0.15, 0.2) is 34.9 Å². The van der Waals surface area contributed by atoms with Gasteiger partial charge in [-0.3, -0.25) is 0 Å². The molecule has 18 heavy (non-hydrogen) atoms. The summed E-state index contributed by atoms with van der Waals surface area (Å²) in [4.78, 5) is 6.45. The number of benzene rings is 1. The van der Waals surface area contributed by atoms with Gasteiger partial charge in [0.05, 0.1) is 0 Å². The maximum absolute atomic E-state index is 5.28. The lowest BCUT2D eigenvalue weighted by atomic mass is 10.1. The molecular formula is C14H19N3O. The molecule has 4 nitrogen and oxygen atoms in total. The normalized spacial score (nSPS) is 12.4. The first-order valence-corrected chi connectivity index (χ1v) is 6.31. The minimum Gasteiger partial charge on any atom is -0.341 e. The van der Waals surface area contributed by atoms with Crippen LogP contribution in [0.3, 0.4) is 0 Å². The van der Waals surface area contributed by atoms with E-state index in [9.17, 15) is 0 Å². The Morgan fingerprint density at radius 3 is 2.67 bits per heavy atom. The van der Waals surface area contributed by atoms with Gasteiger partial charge in [-0.05, 0) is 23.2 Å². The molecule has 0 aliphatic carbocycles. The molecule has 2 aromatic rings. The fourth-order valence-corrected chi connectivity index (χ4v) is 1.75. The Balaban J connectivity index is 2.11. The molecule has 0 saturated carbocycles. The van der Waals surface area contributed by atoms with Gasteiger partial charge in [0.15, 0.2) is 0 Å². The van der Waals surface area contributed by atoms with Crippen LogP contribution >= 0.6 is 0 Å². The molecule has 1 heterocycles. The summed E-state index contributed by atoms with van der Waals surface area (Å²) in [5.74, 6) is 1.84. The van der Waals surface area contributed by atoms with E-state index >= 15 is 0 Å². The molecule has 0 aliphatic rings. The van der Waals surface area contributed by atoms with Gasteiger partial charge in [0, 0.05) is 19.2 Å². The van der Waals surface area contributed by atoms with Crippen molar-refractivity contribution in [3.05, 3.63) is 30.3 Å². The second-order valence-electron chi connectivity index (χ2n) is 4.66. The molecule has 0 amide bonds. The third-order valence-corrected chi connectivity index (χ3v) is 3.06. The molecule has 4 heteroatoms. The van der Waals surface area contributed by atoms with E-state index in [0.717, 1.165) is 18.5 Å². The Kier molecular flexibility index (Phi) is 3.97. The molecule has 1 aromatic heterocycles. The van der Waals surface area contributed by atoms with Crippen LogP contribution in [-0.4, -0.2) is 23.7 Å². The highest BCUT2D eigenvalue weighted by Gasteiger charge is 2.13. The number of hydrogen-bond donors (Lipinski definition) is 0. The Bertz CT molecular complexity index is 481. The van der Waals surface area contributed by atoms with Crippen molar-refractivity contribution in [1.82, 2.24) is 10.1 Å². The number of nitrogens with zero attached hydrogens (tertiary/aromatic N) is 3. The minimum atomic E-state index is 0.571. The van der Waals surface area contributed by atoms with Crippen LogP contribution in [0.4, 0.5) is 5.95 Å². The third kappa shape index (κ3) is 2.88. The lowest BCUT2D eigenvalue weighted by Crippen LogP contribution is -2.24. The monoisotopic (exact) mass is 245 g/mol. The molecule has 2 rings (SSSR count). The van der Waals surface area contributed by atoms with Gasteiger partial charge in [0.2, 0.25) is 0 Å². The maximum Gasteiger partial charge on any atom is 0.266 e. The fraction of sp³-hybridized carbons (Fsp3) is 0.429. The van der Waals surface area contributed by atoms with Crippen molar-refractivity contribution in [3.8, 4) is 11.5 Å². The standard InChI is InChI=1S/C14H19N3O/c1-4-11(2)10-17(3)14-15-13(18-16-14)12-8-6-5-7-9-12/h5-9,11H,4,10H2,1-3H3. The van der Waals surface area contributed by atoms with Gasteiger partial charge in [-0.15, -0.1) is 0 Å². The predicted molar refractivity (Wildman–Crippen MR) is 72.5 cm³/mol. The zero-order chi connectivity index (χ0) is 13.0. The second kappa shape index (κ2) is 5.67. The van der Waals surface area contributed by atoms with Gasteiger partial charge in [0.25, 0.3) is 11.8 Å². The summed E-state index contributed by atoms with van der Waals surface area (Å²) < 4.78 is 5.28. The van der Waals surface area contributed by atoms with Gasteiger partial charge in [-0.25, -0.2) is 0 Å². The average Bonchev–Trinajstić information content (AvgIpc) is 2.89. The lowest BCUT2D eigenvalue weighted by molar-refractivity contribution is 0.428. The number of rotatable bonds is 5. The topological polar surface area (TPSA) is 42.2 Å². The third-order valence-electron chi connectivity index (χ3n) is 3.06. The Labute approximate surface area is 108 Å². The summed E-state index contributed by atoms with van der Waals surface area (Å²) in [6.45, 7) is 5.34. The van der Waals surface area contributed by atoms with Crippen LogP contribution in [0.1, 0.15) is 20.3 Å². The van der Waals surface area contributed by atoms with Crippen LogP contribution in [0.5, 0.6) is 0 Å². The quantitative estimate of drug-likeness (QED) is 0.811. The van der Waals surface area contributed by atoms with Crippen molar-refractivity contribution in [3.63, 3.8) is 0 Å². The molecule has 1 aromatic carbocycles. The van der Waals surface area contributed by atoms with Crippen LogP contribution in [0.25, 0.3) is 11.5 Å². The van der Waals surface area contributed by atoms with E-state index < -0.39 is 0 Å². The largest absolute Gasteiger partial charge is 0.341 e. The Morgan fingerprint density at radius 2 is 2.00 bits per heavy atom. The van der Waals surface area contributed by atoms with Crippen LogP contribution in [0.2, 0.25) is 0 Å². The highest BCUT2D eigenvalue weighted by molar-refractivity contribution is 5.53. The van der Waals surface area contributed by atoms with Crippen LogP contribution < -0.4 is 4.90 Å². The summed E-state index contributed by atoms with van der Waals surface area (Å²) in [6.07, 6.45) is 1.15. The first kappa shape index (κ1) is 12.6. The van der Waals surface area contributed by atoms with E-state index in [0.29, 0.717) is 17.8 Å². The van der Waals surface area contributed by atoms with Crippen LogP contribution in [-0.2, 0) is 0 Å². The molecule has 0 spiro atoms. The number of hydrogen-bond acceptors (Lipinski definition) is 4. The Hall–Kier alpha value is -1.84. The van der Waals surface area contributed by atoms with Gasteiger partial charge in [-0.2, -0.15) is 4.98 Å². The summed E-state index contributed by atoms with van der Waals surface area (Å²) in [6, 6.07) is 9.82. The van der Waals surface area contributed by atoms with Gasteiger partial charge in [0.1, 0.15) is 0 Å². The summed E-state index contributed by atoms with van der Waals surface area (Å²) >= 11 is 0. The summed E-state index contributed by atoms with van der Waals surface area (Å²) in [7, 11) is 1.99. The molecular weight excluding hydrogens is 226 g/mol. The highest BCUT2D eigenvalue weighted by Crippen LogP contribution is 2.19. The van der Waals surface area contributed by atoms with Crippen molar-refractivity contribution in [2.45, 2.75) is 20.3 Å². The van der Waals surface area contributed by atoms with Gasteiger partial charge >= 0.3 is 0 Å². The number of aromatic nitrogens is 2. The molecule has 0 N–H and O–H groups in total. The van der Waals surface area contributed by atoms with E-state index in [4.69, 9.17) is 4.52 Å². The maximum atomic E-state index is 5.28. The fourth-order valence-electron chi connectivity index (χ4n) is 1.75. The molecule has 0 saturated heterocycles. The van der Waals surface area contributed by atoms with Crippen LogP contribution in [0, 0.1) is 5.92 Å². The lowest BCUT2D eigenvalue weighted by Gasteiger charge is -2.17. The zero-order valence-corrected chi connectivity index (χ0v) is 11.1. The Morgan fingerprint density at radius 1 is 1.28 bits per heavy atom. The van der Waals surface area contributed by atoms with Crippen molar-refractivity contribution >= 4 is 5.95 Å². The summed E-state index contributed by atoms with van der Waals surface area (Å²) in [5, 5.41) is 4.02. The molecule has 96 valence electrons. The smallest absolute Gasteiger partial charge is 0.266 e. The SMILES string of the molecule is CCC(C)CN(C)c1noc(-c2ccccc2)n1. The van der Waals surface area contributed by atoms with Gasteiger partial charge in [-0.1, -0.05) is 38.5 Å². The van der Waals surface area contributed by atoms with Crippen molar-refractivity contribution in [2.75, 3.05) is 18.5 Å². The van der Waals surface area contributed by atoms with E-state index in [1.165, 1.54) is 0 Å². The average molecular weight is 245 g/mol. The minimum absolute atomic E-state index is 0.571. The zero-order valence-electron chi connectivity index (χ0n) is 11.1. The number of anilines is 1. The van der Waals surface area contributed by atoms with E-state index in [-0.39, 0.29) is 0 Å².